The molecule has 1 aliphatic carbocycles. The van der Waals surface area contributed by atoms with Crippen LogP contribution < -0.4 is 5.32 Å². The van der Waals surface area contributed by atoms with Crippen LogP contribution in [0.2, 0.25) is 0 Å². The Labute approximate surface area is 193 Å². The molecule has 3 aromatic rings. The Morgan fingerprint density at radius 3 is 2.18 bits per heavy atom. The first-order chi connectivity index (χ1) is 16.2. The number of ether oxygens (including phenoxy) is 2. The van der Waals surface area contributed by atoms with Crippen molar-refractivity contribution >= 4 is 12.1 Å². The number of carbonyl (C=O) groups excluding carboxylic acids is 2. The van der Waals surface area contributed by atoms with Crippen LogP contribution in [0.3, 0.4) is 0 Å². The highest BCUT2D eigenvalue weighted by molar-refractivity contribution is 5.82. The number of benzene rings is 3. The first-order valence-electron chi connectivity index (χ1n) is 11.3. The van der Waals surface area contributed by atoms with Crippen LogP contribution in [0, 0.1) is 0 Å². The molecular weight excluding hydrogens is 416 g/mol. The van der Waals surface area contributed by atoms with Crippen LogP contribution in [0.5, 0.6) is 0 Å². The molecule has 6 nitrogen and oxygen atoms in total. The molecule has 3 aromatic carbocycles. The van der Waals surface area contributed by atoms with Gasteiger partial charge in [-0.1, -0.05) is 78.9 Å². The minimum absolute atomic E-state index is 0.0206. The molecule has 1 N–H and O–H groups in total. The maximum atomic E-state index is 13.0. The molecular formula is C27H26N2O4. The van der Waals surface area contributed by atoms with Gasteiger partial charge in [0.1, 0.15) is 19.3 Å². The zero-order chi connectivity index (χ0) is 22.6. The van der Waals surface area contributed by atoms with E-state index >= 15 is 0 Å². The summed E-state index contributed by atoms with van der Waals surface area (Å²) in [6.45, 7) is 1.74. The second-order valence-electron chi connectivity index (χ2n) is 8.31. The van der Waals surface area contributed by atoms with E-state index in [-0.39, 0.29) is 19.1 Å². The van der Waals surface area contributed by atoms with E-state index in [1.54, 1.807) is 0 Å². The summed E-state index contributed by atoms with van der Waals surface area (Å²) in [6.07, 6.45) is -0.486. The van der Waals surface area contributed by atoms with E-state index in [0.29, 0.717) is 19.6 Å². The lowest BCUT2D eigenvalue weighted by Crippen LogP contribution is -2.57. The van der Waals surface area contributed by atoms with Crippen molar-refractivity contribution < 1.29 is 19.1 Å². The Morgan fingerprint density at radius 1 is 0.848 bits per heavy atom. The summed E-state index contributed by atoms with van der Waals surface area (Å²) in [6, 6.07) is 25.2. The molecule has 0 aromatic heterocycles. The summed E-state index contributed by atoms with van der Waals surface area (Å²) in [5.41, 5.74) is 5.58. The number of carbonyl (C=O) groups is 2. The highest BCUT2D eigenvalue weighted by Crippen LogP contribution is 2.44. The highest BCUT2D eigenvalue weighted by atomic mass is 16.6. The van der Waals surface area contributed by atoms with Gasteiger partial charge < -0.3 is 14.8 Å². The number of fused-ring (bicyclic) bond motifs is 3. The van der Waals surface area contributed by atoms with Crippen molar-refractivity contribution in [1.82, 2.24) is 10.2 Å². The molecule has 1 atom stereocenters. The van der Waals surface area contributed by atoms with Gasteiger partial charge in [-0.05, 0) is 27.8 Å². The van der Waals surface area contributed by atoms with Crippen molar-refractivity contribution in [3.05, 3.63) is 95.6 Å². The quantitative estimate of drug-likeness (QED) is 0.606. The number of nitrogens with zero attached hydrogens (tertiary/aromatic N) is 1. The summed E-state index contributed by atoms with van der Waals surface area (Å²) in [5, 5.41) is 3.17. The van der Waals surface area contributed by atoms with Gasteiger partial charge >= 0.3 is 12.1 Å². The van der Waals surface area contributed by atoms with Crippen LogP contribution in [0.1, 0.15) is 22.6 Å². The lowest BCUT2D eigenvalue weighted by molar-refractivity contribution is -0.151. The molecule has 1 fully saturated rings. The molecule has 0 saturated carbocycles. The van der Waals surface area contributed by atoms with Gasteiger partial charge in [-0.15, -0.1) is 0 Å². The van der Waals surface area contributed by atoms with Crippen molar-refractivity contribution in [3.63, 3.8) is 0 Å². The number of hydrogen-bond acceptors (Lipinski definition) is 5. The second kappa shape index (κ2) is 9.46. The van der Waals surface area contributed by atoms with Crippen LogP contribution in [-0.4, -0.2) is 49.2 Å². The van der Waals surface area contributed by atoms with Crippen molar-refractivity contribution in [2.75, 3.05) is 26.2 Å². The van der Waals surface area contributed by atoms with Gasteiger partial charge in [-0.2, -0.15) is 0 Å². The van der Waals surface area contributed by atoms with Crippen LogP contribution >= 0.6 is 0 Å². The van der Waals surface area contributed by atoms with E-state index in [1.807, 2.05) is 54.6 Å². The molecule has 1 aliphatic heterocycles. The predicted octanol–water partition coefficient (Wildman–Crippen LogP) is 3.95. The fourth-order valence-electron chi connectivity index (χ4n) is 4.64. The maximum absolute atomic E-state index is 13.0. The lowest BCUT2D eigenvalue weighted by atomic mass is 9.98. The zero-order valence-electron chi connectivity index (χ0n) is 18.3. The summed E-state index contributed by atoms with van der Waals surface area (Å²) < 4.78 is 11.3. The van der Waals surface area contributed by atoms with Gasteiger partial charge in [0.25, 0.3) is 0 Å². The molecule has 0 spiro atoms. The molecule has 1 heterocycles. The van der Waals surface area contributed by atoms with Crippen LogP contribution in [0.25, 0.3) is 11.1 Å². The molecule has 1 unspecified atom stereocenters. The summed E-state index contributed by atoms with van der Waals surface area (Å²) in [7, 11) is 0. The van der Waals surface area contributed by atoms with Crippen molar-refractivity contribution in [1.29, 1.82) is 0 Å². The third-order valence-electron chi connectivity index (χ3n) is 6.31. The summed E-state index contributed by atoms with van der Waals surface area (Å²) in [5.74, 6) is -0.452. The molecule has 168 valence electrons. The molecule has 1 amide bonds. The van der Waals surface area contributed by atoms with Crippen LogP contribution in [0.4, 0.5) is 4.79 Å². The van der Waals surface area contributed by atoms with Crippen molar-refractivity contribution in [3.8, 4) is 11.1 Å². The average molecular weight is 443 g/mol. The Kier molecular flexibility index (Phi) is 6.09. The van der Waals surface area contributed by atoms with E-state index in [1.165, 1.54) is 16.0 Å². The summed E-state index contributed by atoms with van der Waals surface area (Å²) in [4.78, 5) is 27.3. The molecule has 1 saturated heterocycles. The molecule has 5 rings (SSSR count). The average Bonchev–Trinajstić information content (AvgIpc) is 3.20. The van der Waals surface area contributed by atoms with Crippen molar-refractivity contribution in [2.45, 2.75) is 18.6 Å². The van der Waals surface area contributed by atoms with Gasteiger partial charge in [-0.25, -0.2) is 9.59 Å². The molecule has 0 bridgehead atoms. The Balaban J connectivity index is 1.25. The minimum Gasteiger partial charge on any atom is -0.459 e. The molecule has 2 aliphatic rings. The maximum Gasteiger partial charge on any atom is 0.410 e. The van der Waals surface area contributed by atoms with E-state index in [2.05, 4.69) is 29.6 Å². The molecule has 0 radical (unpaired) electrons. The second-order valence-corrected chi connectivity index (χ2v) is 8.31. The molecule has 33 heavy (non-hydrogen) atoms. The SMILES string of the molecule is O=C(OCc1ccccc1)C1CNCCN1C(=O)OCC1c2ccccc2-c2ccccc21. The van der Waals surface area contributed by atoms with E-state index in [4.69, 9.17) is 9.47 Å². The number of esters is 1. The fraction of sp³-hybridized carbons (Fsp3) is 0.259. The van der Waals surface area contributed by atoms with Gasteiger partial charge in [0, 0.05) is 25.6 Å². The number of piperazine rings is 1. The lowest BCUT2D eigenvalue weighted by Gasteiger charge is -2.34. The first-order valence-corrected chi connectivity index (χ1v) is 11.3. The van der Waals surface area contributed by atoms with E-state index in [0.717, 1.165) is 16.7 Å². The van der Waals surface area contributed by atoms with Gasteiger partial charge in [0.15, 0.2) is 0 Å². The predicted molar refractivity (Wildman–Crippen MR) is 125 cm³/mol. The summed E-state index contributed by atoms with van der Waals surface area (Å²) >= 11 is 0. The van der Waals surface area contributed by atoms with Crippen molar-refractivity contribution in [2.24, 2.45) is 0 Å². The number of nitrogens with one attached hydrogen (secondary N) is 1. The Morgan fingerprint density at radius 2 is 1.48 bits per heavy atom. The zero-order valence-corrected chi connectivity index (χ0v) is 18.3. The first kappa shape index (κ1) is 21.2. The number of amides is 1. The minimum atomic E-state index is -0.710. The van der Waals surface area contributed by atoms with Gasteiger partial charge in [-0.3, -0.25) is 4.90 Å². The van der Waals surface area contributed by atoms with Crippen LogP contribution in [0.15, 0.2) is 78.9 Å². The third kappa shape index (κ3) is 4.34. The fourth-order valence-corrected chi connectivity index (χ4v) is 4.64. The van der Waals surface area contributed by atoms with E-state index in [9.17, 15) is 9.59 Å². The molecule has 6 heteroatoms. The normalized spacial score (nSPS) is 17.2. The van der Waals surface area contributed by atoms with Crippen LogP contribution in [-0.2, 0) is 20.9 Å². The Bertz CT molecular complexity index is 1100. The van der Waals surface area contributed by atoms with Gasteiger partial charge in [0.05, 0.1) is 0 Å². The van der Waals surface area contributed by atoms with E-state index < -0.39 is 18.1 Å². The smallest absolute Gasteiger partial charge is 0.410 e. The monoisotopic (exact) mass is 442 g/mol. The number of hydrogen-bond donors (Lipinski definition) is 1. The highest BCUT2D eigenvalue weighted by Gasteiger charge is 2.36. The third-order valence-corrected chi connectivity index (χ3v) is 6.31. The topological polar surface area (TPSA) is 67.9 Å². The van der Waals surface area contributed by atoms with Gasteiger partial charge in [0.2, 0.25) is 0 Å². The standard InChI is InChI=1S/C27H26N2O4/c30-26(32-17-19-8-2-1-3-9-19)25-16-28-14-15-29(25)27(31)33-18-24-22-12-6-4-10-20(22)21-11-5-7-13-23(21)24/h1-13,24-25,28H,14-18H2. The number of rotatable bonds is 5. The Hall–Kier alpha value is -3.64. The largest absolute Gasteiger partial charge is 0.459 e.